The van der Waals surface area contributed by atoms with Crippen molar-refractivity contribution in [3.63, 3.8) is 0 Å². The molecule has 0 aliphatic rings. The molecule has 0 spiro atoms. The van der Waals surface area contributed by atoms with E-state index in [9.17, 15) is 0 Å². The molecule has 0 aromatic rings. The van der Waals surface area contributed by atoms with Crippen LogP contribution in [0.4, 0.5) is 0 Å². The highest BCUT2D eigenvalue weighted by Crippen LogP contribution is 1.65. The van der Waals surface area contributed by atoms with Crippen molar-refractivity contribution in [2.24, 2.45) is 0 Å². The smallest absolute Gasteiger partial charge is 0.0483 e. The van der Waals surface area contributed by atoms with Gasteiger partial charge in [-0.15, -0.1) is 0 Å². The fourth-order valence-corrected chi connectivity index (χ4v) is 0. The van der Waals surface area contributed by atoms with Crippen molar-refractivity contribution in [1.29, 1.82) is 0 Å². The first-order chi connectivity index (χ1) is 3.73. The Labute approximate surface area is 53.7 Å². The Bertz CT molecular complexity index is 9.10. The molecule has 0 atom stereocenters. The summed E-state index contributed by atoms with van der Waals surface area (Å²) in [7, 11) is 0. The van der Waals surface area contributed by atoms with Gasteiger partial charge in [0.1, 0.15) is 0 Å². The molecule has 0 rings (SSSR count). The summed E-state index contributed by atoms with van der Waals surface area (Å²) in [6, 6.07) is 0. The van der Waals surface area contributed by atoms with Crippen molar-refractivity contribution < 1.29 is 5.11 Å². The maximum Gasteiger partial charge on any atom is 0.0483 e. The normalized spacial score (nSPS) is 6.00. The van der Waals surface area contributed by atoms with Crippen LogP contribution in [0, 0.1) is 0 Å². The number of hydrogen-bond donors (Lipinski definition) is 1. The topological polar surface area (TPSA) is 20.2 Å². The molecule has 0 fully saturated rings. The number of hydrogen-bond acceptors (Lipinski definition) is 1. The molecular weight excluding hydrogens is 100 g/mol. The van der Waals surface area contributed by atoms with Crippen molar-refractivity contribution in [3.05, 3.63) is 0 Å². The summed E-state index contributed by atoms with van der Waals surface area (Å²) in [5, 5.41) is 8.06. The monoisotopic (exact) mass is 120 g/mol. The van der Waals surface area contributed by atoms with Crippen molar-refractivity contribution in [2.45, 2.75) is 47.6 Å². The van der Waals surface area contributed by atoms with Crippen LogP contribution in [0.3, 0.4) is 0 Å². The predicted octanol–water partition coefficient (Wildman–Crippen LogP) is 2.44. The molecule has 1 heteroatoms. The van der Waals surface area contributed by atoms with Gasteiger partial charge >= 0.3 is 0 Å². The van der Waals surface area contributed by atoms with Crippen LogP contribution in [0.2, 0.25) is 0 Å². The van der Waals surface area contributed by atoms with Gasteiger partial charge in [0.2, 0.25) is 0 Å². The van der Waals surface area contributed by atoms with Gasteiger partial charge in [0.25, 0.3) is 0 Å². The van der Waals surface area contributed by atoms with Crippen molar-refractivity contribution in [2.75, 3.05) is 0 Å². The van der Waals surface area contributed by atoms with E-state index in [0.717, 1.165) is 0 Å². The summed E-state index contributed by atoms with van der Waals surface area (Å²) in [6.07, 6.45) is -0.167. The SMILES string of the molecule is CC.CC.CC(C)O. The van der Waals surface area contributed by atoms with Gasteiger partial charge < -0.3 is 5.11 Å². The molecule has 0 saturated heterocycles. The Kier molecular flexibility index (Phi) is 55.3. The lowest BCUT2D eigenvalue weighted by atomic mass is 10.5. The number of rotatable bonds is 0. The second-order valence-electron chi connectivity index (χ2n) is 1.09. The van der Waals surface area contributed by atoms with Gasteiger partial charge in [-0.1, -0.05) is 27.7 Å². The first-order valence-corrected chi connectivity index (χ1v) is 3.41. The number of aliphatic hydroxyl groups excluding tert-OH is 1. The summed E-state index contributed by atoms with van der Waals surface area (Å²) in [4.78, 5) is 0. The molecule has 0 saturated carbocycles. The van der Waals surface area contributed by atoms with Crippen LogP contribution in [-0.4, -0.2) is 11.2 Å². The predicted molar refractivity (Wildman–Crippen MR) is 40.1 cm³/mol. The van der Waals surface area contributed by atoms with Crippen LogP contribution in [0.15, 0.2) is 0 Å². The molecule has 0 aliphatic heterocycles. The summed E-state index contributed by atoms with van der Waals surface area (Å²) in [5.41, 5.74) is 0. The molecule has 0 aromatic carbocycles. The first-order valence-electron chi connectivity index (χ1n) is 3.41. The average Bonchev–Trinajstić information content (AvgIpc) is 1.75. The maximum atomic E-state index is 8.06. The molecule has 8 heavy (non-hydrogen) atoms. The van der Waals surface area contributed by atoms with Crippen LogP contribution < -0.4 is 0 Å². The second kappa shape index (κ2) is 28.2. The Hall–Kier alpha value is -0.0400. The molecular formula is C7H20O. The Morgan fingerprint density at radius 2 is 0.875 bits per heavy atom. The highest BCUT2D eigenvalue weighted by atomic mass is 16.3. The zero-order valence-corrected chi connectivity index (χ0v) is 7.02. The fraction of sp³-hybridized carbons (Fsp3) is 1.00. The Morgan fingerprint density at radius 1 is 0.875 bits per heavy atom. The molecule has 0 amide bonds. The van der Waals surface area contributed by atoms with Gasteiger partial charge in [0, 0.05) is 6.10 Å². The summed E-state index contributed by atoms with van der Waals surface area (Å²) in [5.74, 6) is 0. The average molecular weight is 120 g/mol. The van der Waals surface area contributed by atoms with Gasteiger partial charge in [0.05, 0.1) is 0 Å². The van der Waals surface area contributed by atoms with Crippen LogP contribution in [-0.2, 0) is 0 Å². The summed E-state index contributed by atoms with van der Waals surface area (Å²) >= 11 is 0. The second-order valence-corrected chi connectivity index (χ2v) is 1.09. The van der Waals surface area contributed by atoms with Crippen molar-refractivity contribution in [3.8, 4) is 0 Å². The van der Waals surface area contributed by atoms with E-state index in [2.05, 4.69) is 0 Å². The van der Waals surface area contributed by atoms with E-state index in [4.69, 9.17) is 5.11 Å². The largest absolute Gasteiger partial charge is 0.394 e. The third-order valence-corrected chi connectivity index (χ3v) is 0. The lowest BCUT2D eigenvalue weighted by Crippen LogP contribution is -1.85. The van der Waals surface area contributed by atoms with Crippen LogP contribution >= 0.6 is 0 Å². The molecule has 1 nitrogen and oxygen atoms in total. The summed E-state index contributed by atoms with van der Waals surface area (Å²) in [6.45, 7) is 11.4. The van der Waals surface area contributed by atoms with Crippen LogP contribution in [0.25, 0.3) is 0 Å². The molecule has 0 aliphatic carbocycles. The maximum absolute atomic E-state index is 8.06. The lowest BCUT2D eigenvalue weighted by Gasteiger charge is -1.80. The molecule has 0 aromatic heterocycles. The minimum Gasteiger partial charge on any atom is -0.394 e. The fourth-order valence-electron chi connectivity index (χ4n) is 0. The highest BCUT2D eigenvalue weighted by Gasteiger charge is 1.69. The van der Waals surface area contributed by atoms with E-state index in [1.165, 1.54) is 0 Å². The third-order valence-electron chi connectivity index (χ3n) is 0. The van der Waals surface area contributed by atoms with Crippen molar-refractivity contribution >= 4 is 0 Å². The molecule has 0 unspecified atom stereocenters. The van der Waals surface area contributed by atoms with Gasteiger partial charge in [0.15, 0.2) is 0 Å². The van der Waals surface area contributed by atoms with Crippen LogP contribution in [0.5, 0.6) is 0 Å². The van der Waals surface area contributed by atoms with E-state index >= 15 is 0 Å². The highest BCUT2D eigenvalue weighted by molar-refractivity contribution is 4.20. The van der Waals surface area contributed by atoms with E-state index in [1.807, 2.05) is 27.7 Å². The third kappa shape index (κ3) is 91600. The Balaban J connectivity index is -0.0000000542. The van der Waals surface area contributed by atoms with Crippen molar-refractivity contribution in [1.82, 2.24) is 0 Å². The minimum atomic E-state index is -0.167. The quantitative estimate of drug-likeness (QED) is 0.520. The van der Waals surface area contributed by atoms with E-state index in [-0.39, 0.29) is 6.10 Å². The standard InChI is InChI=1S/C3H8O.2C2H6/c1-3(2)4;2*1-2/h3-4H,1-2H3;2*1-2H3. The zero-order chi connectivity index (χ0) is 7.58. The minimum absolute atomic E-state index is 0.167. The first kappa shape index (κ1) is 15.7. The van der Waals surface area contributed by atoms with E-state index < -0.39 is 0 Å². The van der Waals surface area contributed by atoms with Gasteiger partial charge in [-0.05, 0) is 13.8 Å². The van der Waals surface area contributed by atoms with Crippen LogP contribution in [0.1, 0.15) is 41.5 Å². The zero-order valence-electron chi connectivity index (χ0n) is 7.02. The Morgan fingerprint density at radius 3 is 0.875 bits per heavy atom. The van der Waals surface area contributed by atoms with E-state index in [0.29, 0.717) is 0 Å². The lowest BCUT2D eigenvalue weighted by molar-refractivity contribution is 0.216. The molecule has 54 valence electrons. The summed E-state index contributed by atoms with van der Waals surface area (Å²) < 4.78 is 0. The van der Waals surface area contributed by atoms with Gasteiger partial charge in [-0.25, -0.2) is 0 Å². The number of aliphatic hydroxyl groups is 1. The van der Waals surface area contributed by atoms with Gasteiger partial charge in [-0.2, -0.15) is 0 Å². The molecule has 0 radical (unpaired) electrons. The molecule has 0 heterocycles. The molecule has 0 bridgehead atoms. The van der Waals surface area contributed by atoms with Gasteiger partial charge in [-0.3, -0.25) is 0 Å². The van der Waals surface area contributed by atoms with E-state index in [1.54, 1.807) is 13.8 Å². The molecule has 1 N–H and O–H groups in total.